The van der Waals surface area contributed by atoms with E-state index >= 15 is 0 Å². The van der Waals surface area contributed by atoms with Gasteiger partial charge in [0.2, 0.25) is 0 Å². The molecule has 1 aromatic carbocycles. The van der Waals surface area contributed by atoms with Crippen molar-refractivity contribution < 1.29 is 0 Å². The summed E-state index contributed by atoms with van der Waals surface area (Å²) in [6, 6.07) is 10.7. The number of nitrogens with zero attached hydrogens (tertiary/aromatic N) is 1. The van der Waals surface area contributed by atoms with Gasteiger partial charge in [0.05, 0.1) is 0 Å². The highest BCUT2D eigenvalue weighted by Gasteiger charge is 2.54. The molecule has 1 aromatic rings. The molecule has 1 heterocycles. The second-order valence-corrected chi connectivity index (χ2v) is 5.13. The van der Waals surface area contributed by atoms with Crippen molar-refractivity contribution in [1.29, 1.82) is 0 Å². The van der Waals surface area contributed by atoms with Crippen LogP contribution in [0.3, 0.4) is 0 Å². The zero-order chi connectivity index (χ0) is 10.3. The fraction of sp³-hybridized carbons (Fsp3) is 0.538. The largest absolute Gasteiger partial charge is 0.298 e. The standard InChI is InChI=1S/C13H16ClN/c14-6-11-12-8-15(9-13(11)12)7-10-4-2-1-3-5-10/h1-5,11-13H,6-9H2/t12-,13-/m0/s1. The quantitative estimate of drug-likeness (QED) is 0.710. The lowest BCUT2D eigenvalue weighted by molar-refractivity contribution is 0.282. The van der Waals surface area contributed by atoms with Crippen LogP contribution < -0.4 is 0 Å². The van der Waals surface area contributed by atoms with Gasteiger partial charge in [-0.15, -0.1) is 11.6 Å². The molecule has 2 atom stereocenters. The van der Waals surface area contributed by atoms with Gasteiger partial charge in [0, 0.05) is 25.5 Å². The van der Waals surface area contributed by atoms with E-state index in [-0.39, 0.29) is 0 Å². The van der Waals surface area contributed by atoms with E-state index in [4.69, 9.17) is 11.6 Å². The van der Waals surface area contributed by atoms with Crippen molar-refractivity contribution >= 4 is 11.6 Å². The fourth-order valence-electron chi connectivity index (χ4n) is 2.94. The minimum Gasteiger partial charge on any atom is -0.298 e. The Bertz CT molecular complexity index is 326. The van der Waals surface area contributed by atoms with Crippen LogP contribution in [0, 0.1) is 17.8 Å². The third kappa shape index (κ3) is 1.79. The summed E-state index contributed by atoms with van der Waals surface area (Å²) in [4.78, 5) is 2.56. The molecule has 1 aliphatic heterocycles. The van der Waals surface area contributed by atoms with Crippen LogP contribution in [0.15, 0.2) is 30.3 Å². The molecule has 1 nitrogen and oxygen atoms in total. The zero-order valence-corrected chi connectivity index (χ0v) is 9.53. The minimum absolute atomic E-state index is 0.832. The van der Waals surface area contributed by atoms with Crippen molar-refractivity contribution in [2.24, 2.45) is 17.8 Å². The molecular weight excluding hydrogens is 206 g/mol. The molecule has 1 saturated heterocycles. The van der Waals surface area contributed by atoms with Crippen LogP contribution in [0.5, 0.6) is 0 Å². The summed E-state index contributed by atoms with van der Waals surface area (Å²) in [7, 11) is 0. The van der Waals surface area contributed by atoms with Gasteiger partial charge in [-0.3, -0.25) is 4.90 Å². The van der Waals surface area contributed by atoms with E-state index in [1.54, 1.807) is 0 Å². The minimum atomic E-state index is 0.832. The van der Waals surface area contributed by atoms with Crippen molar-refractivity contribution in [3.05, 3.63) is 35.9 Å². The predicted octanol–water partition coefficient (Wildman–Crippen LogP) is 2.60. The van der Waals surface area contributed by atoms with Crippen molar-refractivity contribution in [2.45, 2.75) is 6.54 Å². The average molecular weight is 222 g/mol. The van der Waals surface area contributed by atoms with Crippen LogP contribution in [0.25, 0.3) is 0 Å². The summed E-state index contributed by atoms with van der Waals surface area (Å²) in [6.07, 6.45) is 0. The van der Waals surface area contributed by atoms with Gasteiger partial charge in [0.25, 0.3) is 0 Å². The number of likely N-dealkylation sites (tertiary alicyclic amines) is 1. The average Bonchev–Trinajstić information content (AvgIpc) is 2.75. The number of hydrogen-bond donors (Lipinski definition) is 0. The lowest BCUT2D eigenvalue weighted by Crippen LogP contribution is -2.24. The van der Waals surface area contributed by atoms with Gasteiger partial charge in [0.15, 0.2) is 0 Å². The topological polar surface area (TPSA) is 3.24 Å². The maximum absolute atomic E-state index is 5.89. The number of rotatable bonds is 3. The van der Waals surface area contributed by atoms with Crippen LogP contribution in [0.2, 0.25) is 0 Å². The van der Waals surface area contributed by atoms with Gasteiger partial charge in [0.1, 0.15) is 0 Å². The molecule has 2 heteroatoms. The highest BCUT2D eigenvalue weighted by atomic mass is 35.5. The molecule has 3 rings (SSSR count). The number of benzene rings is 1. The van der Waals surface area contributed by atoms with Crippen molar-refractivity contribution in [3.63, 3.8) is 0 Å². The molecule has 0 radical (unpaired) electrons. The Balaban J connectivity index is 1.56. The summed E-state index contributed by atoms with van der Waals surface area (Å²) in [6.45, 7) is 3.64. The van der Waals surface area contributed by atoms with Gasteiger partial charge in [-0.25, -0.2) is 0 Å². The van der Waals surface area contributed by atoms with Crippen LogP contribution in [0.4, 0.5) is 0 Å². The van der Waals surface area contributed by atoms with Gasteiger partial charge < -0.3 is 0 Å². The van der Waals surface area contributed by atoms with E-state index in [9.17, 15) is 0 Å². The molecular formula is C13H16ClN. The maximum atomic E-state index is 5.89. The molecule has 0 bridgehead atoms. The smallest absolute Gasteiger partial charge is 0.0258 e. The molecule has 0 unspecified atom stereocenters. The molecule has 0 N–H and O–H groups in total. The predicted molar refractivity (Wildman–Crippen MR) is 62.9 cm³/mol. The Morgan fingerprint density at radius 1 is 1.13 bits per heavy atom. The van der Waals surface area contributed by atoms with Crippen LogP contribution in [0.1, 0.15) is 5.56 Å². The number of halogens is 1. The number of hydrogen-bond acceptors (Lipinski definition) is 1. The summed E-state index contributed by atoms with van der Waals surface area (Å²) in [5.41, 5.74) is 1.43. The summed E-state index contributed by atoms with van der Waals surface area (Å²) in [5.74, 6) is 3.52. The normalized spacial score (nSPS) is 34.1. The van der Waals surface area contributed by atoms with E-state index in [1.807, 2.05) is 0 Å². The Hall–Kier alpha value is -0.530. The molecule has 15 heavy (non-hydrogen) atoms. The van der Waals surface area contributed by atoms with E-state index < -0.39 is 0 Å². The Morgan fingerprint density at radius 2 is 1.80 bits per heavy atom. The number of piperidine rings is 1. The second kappa shape index (κ2) is 3.80. The second-order valence-electron chi connectivity index (χ2n) is 4.83. The molecule has 0 aromatic heterocycles. The molecule has 2 fully saturated rings. The lowest BCUT2D eigenvalue weighted by Gasteiger charge is -2.18. The van der Waals surface area contributed by atoms with Gasteiger partial charge >= 0.3 is 0 Å². The van der Waals surface area contributed by atoms with E-state index in [2.05, 4.69) is 35.2 Å². The molecule has 80 valence electrons. The van der Waals surface area contributed by atoms with Crippen LogP contribution in [-0.2, 0) is 6.54 Å². The lowest BCUT2D eigenvalue weighted by atomic mass is 10.2. The fourth-order valence-corrected chi connectivity index (χ4v) is 3.39. The van der Waals surface area contributed by atoms with Gasteiger partial charge in [-0.1, -0.05) is 30.3 Å². The molecule has 1 saturated carbocycles. The van der Waals surface area contributed by atoms with Crippen molar-refractivity contribution in [2.75, 3.05) is 19.0 Å². The maximum Gasteiger partial charge on any atom is 0.0258 e. The molecule has 0 amide bonds. The molecule has 2 aliphatic rings. The Kier molecular flexibility index (Phi) is 2.45. The van der Waals surface area contributed by atoms with E-state index in [0.29, 0.717) is 0 Å². The molecule has 0 spiro atoms. The first kappa shape index (κ1) is 9.68. The first-order valence-electron chi connectivity index (χ1n) is 5.70. The Labute approximate surface area is 96.0 Å². The van der Waals surface area contributed by atoms with Gasteiger partial charge in [-0.05, 0) is 23.3 Å². The van der Waals surface area contributed by atoms with E-state index in [0.717, 1.165) is 30.2 Å². The first-order valence-corrected chi connectivity index (χ1v) is 6.24. The highest BCUT2D eigenvalue weighted by molar-refractivity contribution is 6.18. The third-order valence-electron chi connectivity index (χ3n) is 3.87. The van der Waals surface area contributed by atoms with Crippen molar-refractivity contribution in [1.82, 2.24) is 4.90 Å². The Morgan fingerprint density at radius 3 is 2.40 bits per heavy atom. The third-order valence-corrected chi connectivity index (χ3v) is 4.23. The zero-order valence-electron chi connectivity index (χ0n) is 8.77. The van der Waals surface area contributed by atoms with Crippen LogP contribution >= 0.6 is 11.6 Å². The summed E-state index contributed by atoms with van der Waals surface area (Å²) in [5, 5.41) is 0. The number of alkyl halides is 1. The van der Waals surface area contributed by atoms with Crippen LogP contribution in [-0.4, -0.2) is 23.9 Å². The monoisotopic (exact) mass is 221 g/mol. The highest BCUT2D eigenvalue weighted by Crippen LogP contribution is 2.52. The summed E-state index contributed by atoms with van der Waals surface area (Å²) < 4.78 is 0. The first-order chi connectivity index (χ1) is 7.38. The number of fused-ring (bicyclic) bond motifs is 1. The van der Waals surface area contributed by atoms with Gasteiger partial charge in [-0.2, -0.15) is 0 Å². The summed E-state index contributed by atoms with van der Waals surface area (Å²) >= 11 is 5.89. The van der Waals surface area contributed by atoms with E-state index in [1.165, 1.54) is 18.7 Å². The van der Waals surface area contributed by atoms with Crippen molar-refractivity contribution in [3.8, 4) is 0 Å². The SMILES string of the molecule is ClCC1[C@@H]2CN(Cc3ccccc3)C[C@@H]12. The molecule has 1 aliphatic carbocycles.